The van der Waals surface area contributed by atoms with Crippen molar-refractivity contribution in [2.45, 2.75) is 6.92 Å². The minimum absolute atomic E-state index is 0.298. The summed E-state index contributed by atoms with van der Waals surface area (Å²) in [6, 6.07) is 0. The lowest BCUT2D eigenvalue weighted by Crippen LogP contribution is -2.37. The van der Waals surface area contributed by atoms with Gasteiger partial charge in [-0.05, 0) is 0 Å². The summed E-state index contributed by atoms with van der Waals surface area (Å²) in [6.07, 6.45) is 0. The highest BCUT2D eigenvalue weighted by Crippen LogP contribution is 1.88. The van der Waals surface area contributed by atoms with Crippen LogP contribution in [0.3, 0.4) is 0 Å². The van der Waals surface area contributed by atoms with Crippen LogP contribution in [-0.4, -0.2) is 44.7 Å². The molecule has 0 heterocycles. The van der Waals surface area contributed by atoms with Crippen LogP contribution in [0.25, 0.3) is 0 Å². The monoisotopic (exact) mass is 150 g/mol. The number of quaternary nitrogens is 1. The summed E-state index contributed by atoms with van der Waals surface area (Å²) in [6.45, 7) is -3.90. The molecule has 0 aromatic heterocycles. The van der Waals surface area contributed by atoms with E-state index in [4.69, 9.17) is 5.48 Å². The average molecular weight is 150 g/mol. The van der Waals surface area contributed by atoms with Gasteiger partial charge in [0.2, 0.25) is 0 Å². The zero-order valence-electron chi connectivity index (χ0n) is 10.8. The molecular formula is C7H16NO2+. The van der Waals surface area contributed by atoms with Crippen LogP contribution >= 0.6 is 0 Å². The molecule has 0 aliphatic rings. The molecular weight excluding hydrogens is 130 g/mol. The maximum Gasteiger partial charge on any atom is 0.302 e. The second-order valence-electron chi connectivity index (χ2n) is 2.82. The van der Waals surface area contributed by atoms with E-state index in [0.717, 1.165) is 6.92 Å². The van der Waals surface area contributed by atoms with Gasteiger partial charge in [0.25, 0.3) is 0 Å². The maximum absolute atomic E-state index is 10.6. The van der Waals surface area contributed by atoms with E-state index in [9.17, 15) is 4.79 Å². The quantitative estimate of drug-likeness (QED) is 0.426. The summed E-state index contributed by atoms with van der Waals surface area (Å²) < 4.78 is 33.9. The smallest absolute Gasteiger partial charge is 0.302 e. The molecule has 0 rings (SSSR count). The van der Waals surface area contributed by atoms with Gasteiger partial charge in [-0.15, -0.1) is 0 Å². The minimum Gasteiger partial charge on any atom is -0.460 e. The van der Waals surface area contributed by atoms with Gasteiger partial charge in [0.1, 0.15) is 13.1 Å². The molecule has 0 saturated heterocycles. The Kier molecular flexibility index (Phi) is 1.55. The molecule has 0 radical (unpaired) electrons. The molecule has 0 atom stereocenters. The lowest BCUT2D eigenvalue weighted by Gasteiger charge is -2.23. The van der Waals surface area contributed by atoms with Gasteiger partial charge in [0.05, 0.1) is 26.6 Å². The van der Waals surface area contributed by atoms with Crippen LogP contribution in [0.15, 0.2) is 0 Å². The molecule has 10 heavy (non-hydrogen) atoms. The molecule has 0 amide bonds. The van der Waals surface area contributed by atoms with E-state index in [1.807, 2.05) is 0 Å². The summed E-state index contributed by atoms with van der Waals surface area (Å²) in [5.74, 6) is -0.840. The van der Waals surface area contributed by atoms with E-state index >= 15 is 0 Å². The molecule has 0 aliphatic carbocycles. The first-order valence-corrected chi connectivity index (χ1v) is 2.93. The number of hydrogen-bond acceptors (Lipinski definition) is 2. The van der Waals surface area contributed by atoms with Gasteiger partial charge in [-0.3, -0.25) is 4.79 Å². The molecule has 0 saturated carbocycles. The lowest BCUT2D eigenvalue weighted by molar-refractivity contribution is -0.870. The Balaban J connectivity index is 4.97. The van der Waals surface area contributed by atoms with Crippen LogP contribution in [-0.2, 0) is 9.53 Å². The highest BCUT2D eigenvalue weighted by molar-refractivity contribution is 5.65. The number of nitrogens with zero attached hydrogens (tertiary/aromatic N) is 1. The largest absolute Gasteiger partial charge is 0.460 e. The molecule has 3 heteroatoms. The van der Waals surface area contributed by atoms with Crippen LogP contribution < -0.4 is 0 Å². The fraction of sp³-hybridized carbons (Fsp3) is 0.857. The van der Waals surface area contributed by atoms with E-state index in [1.54, 1.807) is 0 Å². The molecule has 0 aromatic carbocycles. The summed E-state index contributed by atoms with van der Waals surface area (Å²) in [5, 5.41) is 0. The summed E-state index contributed by atoms with van der Waals surface area (Å²) in [4.78, 5) is 10.6. The van der Waals surface area contributed by atoms with Crippen LogP contribution in [0.1, 0.15) is 12.4 Å². The molecule has 0 spiro atoms. The molecule has 0 unspecified atom stereocenters. The SMILES string of the molecule is [2H]C([2H])(OC(C)=O)C([2H])([2H])[N+](C)(C)C. The number of rotatable bonds is 3. The molecule has 0 N–H and O–H groups in total. The zero-order chi connectivity index (χ0) is 11.8. The van der Waals surface area contributed by atoms with Gasteiger partial charge >= 0.3 is 5.97 Å². The second kappa shape index (κ2) is 3.56. The lowest BCUT2D eigenvalue weighted by atomic mass is 10.5. The van der Waals surface area contributed by atoms with Gasteiger partial charge in [-0.2, -0.15) is 0 Å². The average Bonchev–Trinajstić information content (AvgIpc) is 1.80. The molecule has 60 valence electrons. The van der Waals surface area contributed by atoms with Gasteiger partial charge in [0.15, 0.2) is 0 Å². The number of hydrogen-bond donors (Lipinski definition) is 0. The van der Waals surface area contributed by atoms with Gasteiger partial charge in [0, 0.05) is 6.92 Å². The number of esters is 1. The Morgan fingerprint density at radius 3 is 2.40 bits per heavy atom. The fourth-order valence-corrected chi connectivity index (χ4v) is 0.232. The first-order valence-electron chi connectivity index (χ1n) is 4.93. The van der Waals surface area contributed by atoms with E-state index in [2.05, 4.69) is 4.74 Å². The van der Waals surface area contributed by atoms with Crippen LogP contribution in [0.2, 0.25) is 0 Å². The van der Waals surface area contributed by atoms with Crippen molar-refractivity contribution in [3.8, 4) is 0 Å². The normalized spacial score (nSPS) is 20.0. The first-order chi connectivity index (χ1) is 5.92. The third kappa shape index (κ3) is 7.43. The van der Waals surface area contributed by atoms with Crippen molar-refractivity contribution in [2.75, 3.05) is 34.2 Å². The van der Waals surface area contributed by atoms with Crippen molar-refractivity contribution < 1.29 is 19.5 Å². The van der Waals surface area contributed by atoms with E-state index in [-0.39, 0.29) is 4.48 Å². The summed E-state index contributed by atoms with van der Waals surface area (Å²) >= 11 is 0. The van der Waals surface area contributed by atoms with Crippen molar-refractivity contribution in [3.05, 3.63) is 0 Å². The Bertz CT molecular complexity index is 234. The van der Waals surface area contributed by atoms with Gasteiger partial charge < -0.3 is 9.22 Å². The molecule has 0 fully saturated rings. The van der Waals surface area contributed by atoms with Crippen molar-refractivity contribution in [1.82, 2.24) is 0 Å². The predicted molar refractivity (Wildman–Crippen MR) is 39.5 cm³/mol. The predicted octanol–water partition coefficient (Wildman–Crippen LogP) is 0.256. The molecule has 0 bridgehead atoms. The van der Waals surface area contributed by atoms with Crippen molar-refractivity contribution >= 4 is 5.97 Å². The number of ether oxygens (including phenoxy) is 1. The number of carbonyl (C=O) groups excluding carboxylic acids is 1. The molecule has 0 aromatic rings. The second-order valence-corrected chi connectivity index (χ2v) is 2.82. The standard InChI is InChI=1S/C7H16NO2/c1-7(9)10-6-5-8(2,3)4/h5-6H2,1-4H3/q+1/i5D2,6D2. The van der Waals surface area contributed by atoms with Crippen LogP contribution in [0.5, 0.6) is 0 Å². The number of carbonyl (C=O) groups is 1. The summed E-state index contributed by atoms with van der Waals surface area (Å²) in [5.41, 5.74) is 0. The highest BCUT2D eigenvalue weighted by Gasteiger charge is 2.06. The third-order valence-electron chi connectivity index (χ3n) is 0.576. The third-order valence-corrected chi connectivity index (χ3v) is 0.576. The van der Waals surface area contributed by atoms with E-state index in [1.165, 1.54) is 21.1 Å². The van der Waals surface area contributed by atoms with Gasteiger partial charge in [-0.1, -0.05) is 0 Å². The van der Waals surface area contributed by atoms with Crippen molar-refractivity contribution in [3.63, 3.8) is 0 Å². The Morgan fingerprint density at radius 2 is 2.10 bits per heavy atom. The minimum atomic E-state index is -2.64. The Morgan fingerprint density at radius 1 is 1.60 bits per heavy atom. The molecule has 0 aliphatic heterocycles. The Hall–Kier alpha value is -0.570. The fourth-order valence-electron chi connectivity index (χ4n) is 0.232. The first kappa shape index (κ1) is 4.34. The van der Waals surface area contributed by atoms with E-state index < -0.39 is 19.0 Å². The van der Waals surface area contributed by atoms with Crippen LogP contribution in [0.4, 0.5) is 0 Å². The molecule has 3 nitrogen and oxygen atoms in total. The van der Waals surface area contributed by atoms with Gasteiger partial charge in [-0.25, -0.2) is 0 Å². The van der Waals surface area contributed by atoms with E-state index in [0.29, 0.717) is 0 Å². The topological polar surface area (TPSA) is 26.3 Å². The maximum atomic E-state index is 10.6. The van der Waals surface area contributed by atoms with Crippen molar-refractivity contribution in [2.24, 2.45) is 0 Å². The zero-order valence-corrected chi connectivity index (χ0v) is 6.76. The number of likely N-dealkylation sites (N-methyl/N-ethyl adjacent to an activating group) is 1. The summed E-state index contributed by atoms with van der Waals surface area (Å²) in [7, 11) is 4.46. The highest BCUT2D eigenvalue weighted by atomic mass is 16.5. The Labute approximate surface area is 67.8 Å². The van der Waals surface area contributed by atoms with Crippen LogP contribution in [0, 0.1) is 0 Å². The van der Waals surface area contributed by atoms with Crippen molar-refractivity contribution in [1.29, 1.82) is 0 Å².